The molecule has 3 rings (SSSR count). The van der Waals surface area contributed by atoms with E-state index in [0.29, 0.717) is 17.2 Å². The highest BCUT2D eigenvalue weighted by Crippen LogP contribution is 2.34. The number of benzene rings is 1. The maximum Gasteiger partial charge on any atom is 0.243 e. The van der Waals surface area contributed by atoms with Crippen LogP contribution in [0.1, 0.15) is 6.42 Å². The lowest BCUT2D eigenvalue weighted by molar-refractivity contribution is -0.121. The molecule has 2 aliphatic rings. The molecule has 0 aliphatic carbocycles. The Hall–Kier alpha value is -2.28. The van der Waals surface area contributed by atoms with E-state index in [0.717, 1.165) is 0 Å². The predicted octanol–water partition coefficient (Wildman–Crippen LogP) is -0.253. The topological polar surface area (TPSA) is 88.7 Å². The van der Waals surface area contributed by atoms with E-state index < -0.39 is 6.04 Å². The van der Waals surface area contributed by atoms with Crippen molar-refractivity contribution in [2.24, 2.45) is 0 Å². The summed E-state index contributed by atoms with van der Waals surface area (Å²) in [5.74, 6) is 0.790. The molecule has 1 aromatic rings. The third-order valence-corrected chi connectivity index (χ3v) is 2.73. The summed E-state index contributed by atoms with van der Waals surface area (Å²) >= 11 is 0. The van der Waals surface area contributed by atoms with Gasteiger partial charge in [0.15, 0.2) is 11.5 Å². The molecule has 0 radical (unpaired) electrons. The fourth-order valence-corrected chi connectivity index (χ4v) is 1.82. The Kier molecular flexibility index (Phi) is 2.52. The summed E-state index contributed by atoms with van der Waals surface area (Å²) in [6.07, 6.45) is 0.135. The van der Waals surface area contributed by atoms with Gasteiger partial charge in [0, 0.05) is 11.8 Å². The third kappa shape index (κ3) is 1.95. The van der Waals surface area contributed by atoms with Crippen LogP contribution in [0.4, 0.5) is 5.69 Å². The fourth-order valence-electron chi connectivity index (χ4n) is 1.82. The van der Waals surface area contributed by atoms with Crippen LogP contribution in [0.25, 0.3) is 0 Å². The maximum atomic E-state index is 11.8. The zero-order valence-corrected chi connectivity index (χ0v) is 9.36. The monoisotopic (exact) mass is 249 g/mol. The lowest BCUT2D eigenvalue weighted by atomic mass is 10.2. The summed E-state index contributed by atoms with van der Waals surface area (Å²) in [6, 6.07) is 4.58. The van der Waals surface area contributed by atoms with E-state index in [1.807, 2.05) is 0 Å². The SMILES string of the molecule is O=C1CC(C(=O)Nc2ccc3c(c2)OCO3)NN1. The van der Waals surface area contributed by atoms with E-state index >= 15 is 0 Å². The van der Waals surface area contributed by atoms with Gasteiger partial charge in [-0.1, -0.05) is 0 Å². The first-order chi connectivity index (χ1) is 8.72. The highest BCUT2D eigenvalue weighted by molar-refractivity contribution is 5.99. The van der Waals surface area contributed by atoms with Crippen molar-refractivity contribution in [1.29, 1.82) is 0 Å². The van der Waals surface area contributed by atoms with Gasteiger partial charge in [-0.05, 0) is 12.1 Å². The van der Waals surface area contributed by atoms with E-state index in [4.69, 9.17) is 9.47 Å². The summed E-state index contributed by atoms with van der Waals surface area (Å²) in [5, 5.41) is 2.70. The minimum Gasteiger partial charge on any atom is -0.454 e. The second-order valence-electron chi connectivity index (χ2n) is 4.01. The van der Waals surface area contributed by atoms with Crippen molar-refractivity contribution in [1.82, 2.24) is 10.9 Å². The number of hydrazine groups is 1. The van der Waals surface area contributed by atoms with E-state index in [1.54, 1.807) is 18.2 Å². The molecule has 1 saturated heterocycles. The molecule has 0 spiro atoms. The fraction of sp³-hybridized carbons (Fsp3) is 0.273. The van der Waals surface area contributed by atoms with E-state index in [-0.39, 0.29) is 25.0 Å². The summed E-state index contributed by atoms with van der Waals surface area (Å²) in [6.45, 7) is 0.190. The molecule has 18 heavy (non-hydrogen) atoms. The molecule has 0 bridgehead atoms. The number of rotatable bonds is 2. The second-order valence-corrected chi connectivity index (χ2v) is 4.01. The van der Waals surface area contributed by atoms with Gasteiger partial charge in [0.05, 0.1) is 6.42 Å². The Morgan fingerprint density at radius 1 is 1.33 bits per heavy atom. The summed E-state index contributed by atoms with van der Waals surface area (Å²) in [7, 11) is 0. The maximum absolute atomic E-state index is 11.8. The molecule has 1 unspecified atom stereocenters. The van der Waals surface area contributed by atoms with Crippen molar-refractivity contribution < 1.29 is 19.1 Å². The van der Waals surface area contributed by atoms with E-state index in [1.165, 1.54) is 0 Å². The number of amides is 2. The number of hydrogen-bond donors (Lipinski definition) is 3. The molecule has 7 heteroatoms. The van der Waals surface area contributed by atoms with Crippen LogP contribution in [-0.2, 0) is 9.59 Å². The van der Waals surface area contributed by atoms with Gasteiger partial charge in [-0.2, -0.15) is 0 Å². The van der Waals surface area contributed by atoms with Gasteiger partial charge in [0.25, 0.3) is 0 Å². The largest absolute Gasteiger partial charge is 0.454 e. The molecule has 1 aromatic carbocycles. The summed E-state index contributed by atoms with van der Waals surface area (Å²) in [5.41, 5.74) is 5.60. The van der Waals surface area contributed by atoms with Crippen molar-refractivity contribution in [3.8, 4) is 11.5 Å². The average Bonchev–Trinajstić information content (AvgIpc) is 2.96. The van der Waals surface area contributed by atoms with Gasteiger partial charge >= 0.3 is 0 Å². The van der Waals surface area contributed by atoms with E-state index in [9.17, 15) is 9.59 Å². The van der Waals surface area contributed by atoms with Crippen molar-refractivity contribution >= 4 is 17.5 Å². The van der Waals surface area contributed by atoms with Crippen molar-refractivity contribution in [3.63, 3.8) is 0 Å². The number of carbonyl (C=O) groups excluding carboxylic acids is 2. The Balaban J connectivity index is 1.69. The molecule has 0 saturated carbocycles. The van der Waals surface area contributed by atoms with Crippen LogP contribution in [0.5, 0.6) is 11.5 Å². The van der Waals surface area contributed by atoms with Gasteiger partial charge in [-0.25, -0.2) is 5.43 Å². The van der Waals surface area contributed by atoms with Gasteiger partial charge in [-0.15, -0.1) is 0 Å². The molecule has 2 heterocycles. The van der Waals surface area contributed by atoms with Gasteiger partial charge in [0.2, 0.25) is 18.6 Å². The molecule has 2 amide bonds. The third-order valence-electron chi connectivity index (χ3n) is 2.73. The lowest BCUT2D eigenvalue weighted by Crippen LogP contribution is -2.39. The Labute approximate surface area is 102 Å². The zero-order chi connectivity index (χ0) is 12.5. The number of carbonyl (C=O) groups is 2. The lowest BCUT2D eigenvalue weighted by Gasteiger charge is -2.10. The number of hydrogen-bond acceptors (Lipinski definition) is 5. The van der Waals surface area contributed by atoms with Crippen molar-refractivity contribution in [2.45, 2.75) is 12.5 Å². The molecular formula is C11H11N3O4. The zero-order valence-electron chi connectivity index (χ0n) is 9.36. The predicted molar refractivity (Wildman–Crippen MR) is 60.9 cm³/mol. The molecule has 7 nitrogen and oxygen atoms in total. The quantitative estimate of drug-likeness (QED) is 0.672. The smallest absolute Gasteiger partial charge is 0.243 e. The van der Waals surface area contributed by atoms with Gasteiger partial charge in [0.1, 0.15) is 6.04 Å². The minimum absolute atomic E-state index is 0.135. The Morgan fingerprint density at radius 2 is 2.17 bits per heavy atom. The first-order valence-electron chi connectivity index (χ1n) is 5.47. The Morgan fingerprint density at radius 3 is 2.94 bits per heavy atom. The average molecular weight is 249 g/mol. The van der Waals surface area contributed by atoms with Crippen LogP contribution in [0.2, 0.25) is 0 Å². The second kappa shape index (κ2) is 4.19. The number of anilines is 1. The van der Waals surface area contributed by atoms with Crippen molar-refractivity contribution in [3.05, 3.63) is 18.2 Å². The minimum atomic E-state index is -0.553. The van der Waals surface area contributed by atoms with Crippen LogP contribution in [0.15, 0.2) is 18.2 Å². The highest BCUT2D eigenvalue weighted by Gasteiger charge is 2.27. The number of nitrogens with one attached hydrogen (secondary N) is 3. The van der Waals surface area contributed by atoms with Gasteiger partial charge in [-0.3, -0.25) is 15.0 Å². The molecule has 3 N–H and O–H groups in total. The molecule has 1 atom stereocenters. The first-order valence-corrected chi connectivity index (χ1v) is 5.47. The number of ether oxygens (including phenoxy) is 2. The number of fused-ring (bicyclic) bond motifs is 1. The van der Waals surface area contributed by atoms with Crippen LogP contribution in [0.3, 0.4) is 0 Å². The summed E-state index contributed by atoms with van der Waals surface area (Å²) < 4.78 is 10.4. The molecule has 0 aromatic heterocycles. The molecule has 94 valence electrons. The van der Waals surface area contributed by atoms with Crippen LogP contribution < -0.4 is 25.6 Å². The van der Waals surface area contributed by atoms with Crippen LogP contribution in [0, 0.1) is 0 Å². The highest BCUT2D eigenvalue weighted by atomic mass is 16.7. The first kappa shape index (κ1) is 10.8. The van der Waals surface area contributed by atoms with Crippen LogP contribution in [-0.4, -0.2) is 24.6 Å². The molecule has 2 aliphatic heterocycles. The normalized spacial score (nSPS) is 20.7. The van der Waals surface area contributed by atoms with Crippen molar-refractivity contribution in [2.75, 3.05) is 12.1 Å². The Bertz CT molecular complexity index is 517. The van der Waals surface area contributed by atoms with Gasteiger partial charge < -0.3 is 14.8 Å². The van der Waals surface area contributed by atoms with E-state index in [2.05, 4.69) is 16.2 Å². The molecule has 1 fully saturated rings. The standard InChI is InChI=1S/C11H11N3O4/c15-10-4-7(13-14-10)11(16)12-6-1-2-8-9(3-6)18-5-17-8/h1-3,7,13H,4-5H2,(H,12,16)(H,14,15). The molecular weight excluding hydrogens is 238 g/mol. The summed E-state index contributed by atoms with van der Waals surface area (Å²) in [4.78, 5) is 22.8. The van der Waals surface area contributed by atoms with Crippen LogP contribution >= 0.6 is 0 Å².